The van der Waals surface area contributed by atoms with E-state index < -0.39 is 6.10 Å². The Balaban J connectivity index is 1.52. The number of benzene rings is 1. The molecule has 1 aliphatic rings. The number of aromatic nitrogens is 2. The zero-order chi connectivity index (χ0) is 20.2. The van der Waals surface area contributed by atoms with Gasteiger partial charge < -0.3 is 15.0 Å². The number of carbonyl (C=O) groups is 1. The number of aryl methyl sites for hydroxylation is 1. The van der Waals surface area contributed by atoms with Gasteiger partial charge in [0.1, 0.15) is 5.69 Å². The van der Waals surface area contributed by atoms with Crippen LogP contribution in [0.3, 0.4) is 0 Å². The first-order chi connectivity index (χ1) is 14.1. The first-order valence-electron chi connectivity index (χ1n) is 10.3. The highest BCUT2D eigenvalue weighted by molar-refractivity contribution is 7.09. The van der Waals surface area contributed by atoms with Crippen LogP contribution in [0, 0.1) is 6.92 Å². The number of H-pyrrole nitrogens is 1. The Morgan fingerprint density at radius 3 is 2.90 bits per heavy atom. The van der Waals surface area contributed by atoms with Crippen molar-refractivity contribution in [2.24, 2.45) is 0 Å². The number of rotatable bonds is 5. The van der Waals surface area contributed by atoms with Crippen molar-refractivity contribution in [3.05, 3.63) is 64.2 Å². The van der Waals surface area contributed by atoms with Crippen molar-refractivity contribution in [1.29, 1.82) is 0 Å². The number of hydrogen-bond acceptors (Lipinski definition) is 4. The molecule has 1 aromatic carbocycles. The lowest BCUT2D eigenvalue weighted by atomic mass is 9.98. The molecule has 0 aliphatic carbocycles. The molecular formula is C23H27N3O2S. The van der Waals surface area contributed by atoms with Gasteiger partial charge in [0.25, 0.3) is 5.91 Å². The van der Waals surface area contributed by atoms with Gasteiger partial charge in [0, 0.05) is 29.7 Å². The van der Waals surface area contributed by atoms with E-state index in [1.807, 2.05) is 59.8 Å². The highest BCUT2D eigenvalue weighted by atomic mass is 32.1. The number of nitrogens with zero attached hydrogens (tertiary/aromatic N) is 2. The van der Waals surface area contributed by atoms with Crippen molar-refractivity contribution in [3.8, 4) is 11.3 Å². The fourth-order valence-corrected chi connectivity index (χ4v) is 4.70. The summed E-state index contributed by atoms with van der Waals surface area (Å²) in [4.78, 5) is 22.9. The number of aliphatic hydroxyl groups is 1. The molecular weight excluding hydrogens is 382 g/mol. The summed E-state index contributed by atoms with van der Waals surface area (Å²) in [6, 6.07) is 11.6. The molecule has 0 radical (unpaired) electrons. The first-order valence-corrected chi connectivity index (χ1v) is 11.1. The Bertz CT molecular complexity index is 950. The van der Waals surface area contributed by atoms with E-state index in [9.17, 15) is 9.90 Å². The molecule has 29 heavy (non-hydrogen) atoms. The minimum atomic E-state index is -0.563. The van der Waals surface area contributed by atoms with Gasteiger partial charge in [-0.25, -0.2) is 4.98 Å². The van der Waals surface area contributed by atoms with E-state index in [0.29, 0.717) is 12.1 Å². The Labute approximate surface area is 175 Å². The molecule has 4 rings (SSSR count). The summed E-state index contributed by atoms with van der Waals surface area (Å²) in [5, 5.41) is 13.8. The second kappa shape index (κ2) is 8.93. The molecule has 3 heterocycles. The van der Waals surface area contributed by atoms with Crippen molar-refractivity contribution in [3.63, 3.8) is 0 Å². The van der Waals surface area contributed by atoms with E-state index in [0.717, 1.165) is 54.1 Å². The molecule has 1 fully saturated rings. The molecule has 0 saturated carbocycles. The van der Waals surface area contributed by atoms with Gasteiger partial charge in [-0.3, -0.25) is 4.79 Å². The van der Waals surface area contributed by atoms with E-state index in [-0.39, 0.29) is 11.9 Å². The van der Waals surface area contributed by atoms with Crippen molar-refractivity contribution in [2.45, 2.75) is 51.2 Å². The van der Waals surface area contributed by atoms with Crippen LogP contribution in [0.2, 0.25) is 0 Å². The van der Waals surface area contributed by atoms with Crippen LogP contribution in [0.4, 0.5) is 0 Å². The Kier molecular flexibility index (Phi) is 6.11. The molecule has 152 valence electrons. The van der Waals surface area contributed by atoms with Gasteiger partial charge in [-0.1, -0.05) is 43.2 Å². The average Bonchev–Trinajstić information content (AvgIpc) is 3.33. The Morgan fingerprint density at radius 1 is 1.31 bits per heavy atom. The minimum absolute atomic E-state index is 0.00960. The summed E-state index contributed by atoms with van der Waals surface area (Å²) in [6.45, 7) is 2.71. The van der Waals surface area contributed by atoms with Crippen LogP contribution < -0.4 is 0 Å². The number of nitrogens with one attached hydrogen (secondary N) is 1. The van der Waals surface area contributed by atoms with Gasteiger partial charge in [-0.2, -0.15) is 0 Å². The quantitative estimate of drug-likeness (QED) is 0.626. The number of carbonyl (C=O) groups excluding carboxylic acids is 1. The van der Waals surface area contributed by atoms with Crippen molar-refractivity contribution in [1.82, 2.24) is 14.9 Å². The molecule has 0 unspecified atom stereocenters. The topological polar surface area (TPSA) is 69.2 Å². The van der Waals surface area contributed by atoms with Crippen LogP contribution in [-0.2, 0) is 0 Å². The third kappa shape index (κ3) is 4.60. The smallest absolute Gasteiger partial charge is 0.270 e. The van der Waals surface area contributed by atoms with E-state index in [4.69, 9.17) is 0 Å². The molecule has 6 heteroatoms. The van der Waals surface area contributed by atoms with Gasteiger partial charge in [0.2, 0.25) is 0 Å². The first kappa shape index (κ1) is 19.9. The number of aromatic amines is 1. The van der Waals surface area contributed by atoms with Crippen LogP contribution in [-0.4, -0.2) is 38.5 Å². The standard InChI is InChI=1S/C23H27N3O2S/c1-16-25-21(15-29-16)18-12-20(24-14-18)23(28)26-11-7-3-6-10-19(26)13-22(27)17-8-4-2-5-9-17/h2,4-5,8-9,12,14-15,19,22,24,27H,3,6-7,10-11,13H2,1H3/t19-,22+/m0/s1. The summed E-state index contributed by atoms with van der Waals surface area (Å²) >= 11 is 1.60. The lowest BCUT2D eigenvalue weighted by Gasteiger charge is -2.31. The van der Waals surface area contributed by atoms with Crippen LogP contribution in [0.5, 0.6) is 0 Å². The zero-order valence-corrected chi connectivity index (χ0v) is 17.5. The van der Waals surface area contributed by atoms with Crippen LogP contribution in [0.25, 0.3) is 11.3 Å². The van der Waals surface area contributed by atoms with Gasteiger partial charge in [0.15, 0.2) is 0 Å². The minimum Gasteiger partial charge on any atom is -0.388 e. The summed E-state index contributed by atoms with van der Waals surface area (Å²) < 4.78 is 0. The third-order valence-electron chi connectivity index (χ3n) is 5.65. The molecule has 1 amide bonds. The van der Waals surface area contributed by atoms with Crippen LogP contribution in [0.15, 0.2) is 48.0 Å². The van der Waals surface area contributed by atoms with E-state index in [2.05, 4.69) is 9.97 Å². The predicted octanol–water partition coefficient (Wildman–Crippen LogP) is 4.96. The van der Waals surface area contributed by atoms with Crippen molar-refractivity contribution in [2.75, 3.05) is 6.54 Å². The molecule has 1 saturated heterocycles. The van der Waals surface area contributed by atoms with Gasteiger partial charge >= 0.3 is 0 Å². The van der Waals surface area contributed by atoms with E-state index >= 15 is 0 Å². The SMILES string of the molecule is Cc1nc(-c2c[nH]c(C(=O)N3CCCCC[C@H]3C[C@@H](O)c3ccccc3)c2)cs1. The van der Waals surface area contributed by atoms with E-state index in [1.165, 1.54) is 0 Å². The lowest BCUT2D eigenvalue weighted by molar-refractivity contribution is 0.0583. The molecule has 0 bridgehead atoms. The number of aliphatic hydroxyl groups excluding tert-OH is 1. The summed E-state index contributed by atoms with van der Waals surface area (Å²) in [6.07, 6.45) is 5.99. The normalized spacial score (nSPS) is 18.4. The predicted molar refractivity (Wildman–Crippen MR) is 116 cm³/mol. The number of amides is 1. The highest BCUT2D eigenvalue weighted by Gasteiger charge is 2.29. The van der Waals surface area contributed by atoms with Gasteiger partial charge in [-0.15, -0.1) is 11.3 Å². The monoisotopic (exact) mass is 409 g/mol. The molecule has 1 aliphatic heterocycles. The number of likely N-dealkylation sites (tertiary alicyclic amines) is 1. The average molecular weight is 410 g/mol. The largest absolute Gasteiger partial charge is 0.388 e. The molecule has 0 spiro atoms. The molecule has 3 aromatic rings. The van der Waals surface area contributed by atoms with Gasteiger partial charge in [-0.05, 0) is 37.8 Å². The maximum atomic E-state index is 13.3. The molecule has 2 aromatic heterocycles. The lowest BCUT2D eigenvalue weighted by Crippen LogP contribution is -2.41. The summed E-state index contributed by atoms with van der Waals surface area (Å²) in [5.41, 5.74) is 3.33. The zero-order valence-electron chi connectivity index (χ0n) is 16.7. The fourth-order valence-electron chi connectivity index (χ4n) is 4.08. The highest BCUT2D eigenvalue weighted by Crippen LogP contribution is 2.28. The number of thiazole rings is 1. The maximum Gasteiger partial charge on any atom is 0.270 e. The van der Waals surface area contributed by atoms with Crippen LogP contribution >= 0.6 is 11.3 Å². The molecule has 2 N–H and O–H groups in total. The second-order valence-electron chi connectivity index (χ2n) is 7.72. The van der Waals surface area contributed by atoms with E-state index in [1.54, 1.807) is 11.3 Å². The maximum absolute atomic E-state index is 13.3. The third-order valence-corrected chi connectivity index (χ3v) is 6.42. The molecule has 5 nitrogen and oxygen atoms in total. The Hall–Kier alpha value is -2.44. The summed E-state index contributed by atoms with van der Waals surface area (Å²) in [5.74, 6) is 0.00960. The van der Waals surface area contributed by atoms with Crippen molar-refractivity contribution >= 4 is 17.2 Å². The molecule has 2 atom stereocenters. The fraction of sp³-hybridized carbons (Fsp3) is 0.391. The van der Waals surface area contributed by atoms with Gasteiger partial charge in [0.05, 0.1) is 16.8 Å². The Morgan fingerprint density at radius 2 is 2.14 bits per heavy atom. The summed E-state index contributed by atoms with van der Waals surface area (Å²) in [7, 11) is 0. The number of hydrogen-bond donors (Lipinski definition) is 2. The van der Waals surface area contributed by atoms with Crippen molar-refractivity contribution < 1.29 is 9.90 Å². The van der Waals surface area contributed by atoms with Crippen LogP contribution in [0.1, 0.15) is 59.3 Å². The second-order valence-corrected chi connectivity index (χ2v) is 8.78.